The summed E-state index contributed by atoms with van der Waals surface area (Å²) < 4.78 is 7.52. The van der Waals surface area contributed by atoms with Gasteiger partial charge in [-0.2, -0.15) is 0 Å². The number of aromatic hydroxyl groups is 1. The van der Waals surface area contributed by atoms with Gasteiger partial charge in [-0.15, -0.1) is 0 Å². The molecule has 0 atom stereocenters. The zero-order valence-corrected chi connectivity index (χ0v) is 9.34. The largest absolute Gasteiger partial charge is 0.508 e. The zero-order valence-electron chi connectivity index (χ0n) is 9.34. The minimum atomic E-state index is 0.207. The van der Waals surface area contributed by atoms with Crippen molar-refractivity contribution < 1.29 is 9.84 Å². The summed E-state index contributed by atoms with van der Waals surface area (Å²) in [5, 5.41) is 9.27. The fourth-order valence-corrected chi connectivity index (χ4v) is 1.41. The van der Waals surface area contributed by atoms with Crippen LogP contribution in [0.25, 0.3) is 0 Å². The Kier molecular flexibility index (Phi) is 2.81. The first-order valence-electron chi connectivity index (χ1n) is 5.06. The van der Waals surface area contributed by atoms with E-state index in [1.54, 1.807) is 24.4 Å². The molecule has 16 heavy (non-hydrogen) atoms. The quantitative estimate of drug-likeness (QED) is 0.857. The van der Waals surface area contributed by atoms with Gasteiger partial charge in [-0.05, 0) is 19.1 Å². The van der Waals surface area contributed by atoms with E-state index in [2.05, 4.69) is 4.98 Å². The maximum absolute atomic E-state index is 9.27. The van der Waals surface area contributed by atoms with E-state index >= 15 is 0 Å². The van der Waals surface area contributed by atoms with Crippen LogP contribution in [0.3, 0.4) is 0 Å². The standard InChI is InChI=1S/C12H14N2O2/c1-9-13-7-10(14(9)2)8-16-12-5-3-4-11(15)6-12/h3-7,15H,8H2,1-2H3. The van der Waals surface area contributed by atoms with Crippen molar-refractivity contribution >= 4 is 0 Å². The molecule has 0 fully saturated rings. The van der Waals surface area contributed by atoms with Crippen LogP contribution in [0.2, 0.25) is 0 Å². The van der Waals surface area contributed by atoms with Crippen molar-refractivity contribution in [2.24, 2.45) is 7.05 Å². The smallest absolute Gasteiger partial charge is 0.130 e. The van der Waals surface area contributed by atoms with E-state index in [1.807, 2.05) is 24.6 Å². The second-order valence-electron chi connectivity index (χ2n) is 3.64. The van der Waals surface area contributed by atoms with Crippen LogP contribution in [-0.4, -0.2) is 14.7 Å². The highest BCUT2D eigenvalue weighted by atomic mass is 16.5. The number of aryl methyl sites for hydroxylation is 1. The molecule has 0 bridgehead atoms. The lowest BCUT2D eigenvalue weighted by Gasteiger charge is -2.07. The Labute approximate surface area is 94.1 Å². The zero-order chi connectivity index (χ0) is 11.5. The number of hydrogen-bond acceptors (Lipinski definition) is 3. The van der Waals surface area contributed by atoms with Crippen molar-refractivity contribution in [1.29, 1.82) is 0 Å². The van der Waals surface area contributed by atoms with Gasteiger partial charge in [0.25, 0.3) is 0 Å². The molecule has 0 spiro atoms. The number of hydrogen-bond donors (Lipinski definition) is 1. The molecular weight excluding hydrogens is 204 g/mol. The SMILES string of the molecule is Cc1ncc(COc2cccc(O)c2)n1C. The average Bonchev–Trinajstić information content (AvgIpc) is 2.57. The number of ether oxygens (including phenoxy) is 1. The molecule has 2 rings (SSSR count). The second-order valence-corrected chi connectivity index (χ2v) is 3.64. The lowest BCUT2D eigenvalue weighted by Crippen LogP contribution is -2.02. The van der Waals surface area contributed by atoms with Gasteiger partial charge >= 0.3 is 0 Å². The van der Waals surface area contributed by atoms with Crippen molar-refractivity contribution in [1.82, 2.24) is 9.55 Å². The van der Waals surface area contributed by atoms with Gasteiger partial charge in [0, 0.05) is 13.1 Å². The molecule has 4 nitrogen and oxygen atoms in total. The van der Waals surface area contributed by atoms with E-state index < -0.39 is 0 Å². The molecular formula is C12H14N2O2. The Morgan fingerprint density at radius 3 is 2.88 bits per heavy atom. The summed E-state index contributed by atoms with van der Waals surface area (Å²) in [6.45, 7) is 2.39. The van der Waals surface area contributed by atoms with Crippen molar-refractivity contribution in [3.63, 3.8) is 0 Å². The highest BCUT2D eigenvalue weighted by Gasteiger charge is 2.03. The van der Waals surface area contributed by atoms with E-state index in [4.69, 9.17) is 4.74 Å². The van der Waals surface area contributed by atoms with E-state index in [0.29, 0.717) is 12.4 Å². The summed E-state index contributed by atoms with van der Waals surface area (Å²) in [7, 11) is 1.95. The first-order valence-corrected chi connectivity index (χ1v) is 5.06. The third-order valence-electron chi connectivity index (χ3n) is 2.52. The van der Waals surface area contributed by atoms with Gasteiger partial charge in [0.2, 0.25) is 0 Å². The Morgan fingerprint density at radius 2 is 2.25 bits per heavy atom. The number of aromatic nitrogens is 2. The van der Waals surface area contributed by atoms with Crippen molar-refractivity contribution in [2.45, 2.75) is 13.5 Å². The maximum atomic E-state index is 9.27. The van der Waals surface area contributed by atoms with E-state index in [1.165, 1.54) is 0 Å². The summed E-state index contributed by atoms with van der Waals surface area (Å²) in [6.07, 6.45) is 1.79. The maximum Gasteiger partial charge on any atom is 0.130 e. The molecule has 2 aromatic rings. The topological polar surface area (TPSA) is 47.3 Å². The Bertz CT molecular complexity index is 492. The van der Waals surface area contributed by atoms with Gasteiger partial charge in [0.15, 0.2) is 0 Å². The van der Waals surface area contributed by atoms with Gasteiger partial charge < -0.3 is 14.4 Å². The molecule has 1 aromatic carbocycles. The molecule has 0 saturated heterocycles. The summed E-state index contributed by atoms with van der Waals surface area (Å²) in [4.78, 5) is 4.18. The van der Waals surface area contributed by atoms with Crippen LogP contribution < -0.4 is 4.74 Å². The molecule has 1 heterocycles. The Hall–Kier alpha value is -1.97. The van der Waals surface area contributed by atoms with Crippen LogP contribution in [0.5, 0.6) is 11.5 Å². The van der Waals surface area contributed by atoms with E-state index in [-0.39, 0.29) is 5.75 Å². The first kappa shape index (κ1) is 10.5. The second kappa shape index (κ2) is 4.26. The van der Waals surface area contributed by atoms with Gasteiger partial charge in [-0.1, -0.05) is 6.07 Å². The lowest BCUT2D eigenvalue weighted by atomic mass is 10.3. The first-order chi connectivity index (χ1) is 7.66. The third kappa shape index (κ3) is 2.16. The predicted molar refractivity (Wildman–Crippen MR) is 60.4 cm³/mol. The van der Waals surface area contributed by atoms with Gasteiger partial charge in [0.05, 0.1) is 11.9 Å². The Balaban J connectivity index is 2.05. The number of phenolic OH excluding ortho intramolecular Hbond substituents is 1. The minimum Gasteiger partial charge on any atom is -0.508 e. The summed E-state index contributed by atoms with van der Waals surface area (Å²) in [6, 6.07) is 6.76. The molecule has 0 saturated carbocycles. The van der Waals surface area contributed by atoms with Crippen molar-refractivity contribution in [2.75, 3.05) is 0 Å². The van der Waals surface area contributed by atoms with Crippen LogP contribution in [0.15, 0.2) is 30.5 Å². The highest BCUT2D eigenvalue weighted by Crippen LogP contribution is 2.18. The Morgan fingerprint density at radius 1 is 1.44 bits per heavy atom. The predicted octanol–water partition coefficient (Wildman–Crippen LogP) is 2.01. The fourth-order valence-electron chi connectivity index (χ4n) is 1.41. The van der Waals surface area contributed by atoms with Gasteiger partial charge in [-0.25, -0.2) is 4.98 Å². The van der Waals surface area contributed by atoms with Crippen molar-refractivity contribution in [3.8, 4) is 11.5 Å². The summed E-state index contributed by atoms with van der Waals surface area (Å²) >= 11 is 0. The molecule has 1 aromatic heterocycles. The minimum absolute atomic E-state index is 0.207. The monoisotopic (exact) mass is 218 g/mol. The van der Waals surface area contributed by atoms with Crippen LogP contribution >= 0.6 is 0 Å². The molecule has 84 valence electrons. The fraction of sp³-hybridized carbons (Fsp3) is 0.250. The third-order valence-corrected chi connectivity index (χ3v) is 2.52. The van der Waals surface area contributed by atoms with E-state index in [0.717, 1.165) is 11.5 Å². The molecule has 1 N–H and O–H groups in total. The van der Waals surface area contributed by atoms with Crippen LogP contribution in [0.1, 0.15) is 11.5 Å². The van der Waals surface area contributed by atoms with Crippen LogP contribution in [0.4, 0.5) is 0 Å². The molecule has 4 heteroatoms. The average molecular weight is 218 g/mol. The molecule has 0 aliphatic carbocycles. The lowest BCUT2D eigenvalue weighted by molar-refractivity contribution is 0.295. The summed E-state index contributed by atoms with van der Waals surface area (Å²) in [5.74, 6) is 1.81. The van der Waals surface area contributed by atoms with Crippen LogP contribution in [0, 0.1) is 6.92 Å². The molecule has 0 radical (unpaired) electrons. The molecule has 0 unspecified atom stereocenters. The molecule has 0 aliphatic heterocycles. The van der Waals surface area contributed by atoms with Gasteiger partial charge in [-0.3, -0.25) is 0 Å². The van der Waals surface area contributed by atoms with E-state index in [9.17, 15) is 5.11 Å². The van der Waals surface area contributed by atoms with Crippen LogP contribution in [-0.2, 0) is 13.7 Å². The number of benzene rings is 1. The molecule has 0 aliphatic rings. The molecule has 0 amide bonds. The number of nitrogens with zero attached hydrogens (tertiary/aromatic N) is 2. The highest BCUT2D eigenvalue weighted by molar-refractivity contribution is 5.31. The number of imidazole rings is 1. The number of phenols is 1. The van der Waals surface area contributed by atoms with Crippen molar-refractivity contribution in [3.05, 3.63) is 42.0 Å². The summed E-state index contributed by atoms with van der Waals surface area (Å²) in [5.41, 5.74) is 1.00. The number of rotatable bonds is 3. The normalized spacial score (nSPS) is 10.4. The van der Waals surface area contributed by atoms with Gasteiger partial charge in [0.1, 0.15) is 23.9 Å².